The number of sulfonamides is 1. The number of aryl methyl sites for hydroxylation is 1. The van der Waals surface area contributed by atoms with E-state index in [1.54, 1.807) is 22.5 Å². The number of carbonyl (C=O) groups excluding carboxylic acids is 1. The van der Waals surface area contributed by atoms with E-state index < -0.39 is 10.0 Å². The lowest BCUT2D eigenvalue weighted by Crippen LogP contribution is -2.51. The van der Waals surface area contributed by atoms with Crippen molar-refractivity contribution in [3.63, 3.8) is 0 Å². The fourth-order valence-electron chi connectivity index (χ4n) is 5.60. The molecule has 0 saturated carbocycles. The van der Waals surface area contributed by atoms with Gasteiger partial charge in [-0.1, -0.05) is 86.1 Å². The van der Waals surface area contributed by atoms with Gasteiger partial charge in [0.15, 0.2) is 0 Å². The van der Waals surface area contributed by atoms with Crippen LogP contribution in [0.3, 0.4) is 0 Å². The lowest BCUT2D eigenvalue weighted by atomic mass is 9.91. The maximum atomic E-state index is 14.5. The second kappa shape index (κ2) is 11.7. The van der Waals surface area contributed by atoms with Gasteiger partial charge in [0.25, 0.3) is 5.91 Å². The van der Waals surface area contributed by atoms with E-state index in [9.17, 15) is 13.2 Å². The molecule has 0 spiro atoms. The molecule has 0 radical (unpaired) electrons. The normalized spacial score (nSPS) is 17.8. The van der Waals surface area contributed by atoms with Gasteiger partial charge >= 0.3 is 0 Å². The first kappa shape index (κ1) is 27.1. The first-order valence-electron chi connectivity index (χ1n) is 13.6. The van der Waals surface area contributed by atoms with Crippen molar-refractivity contribution in [2.24, 2.45) is 5.92 Å². The van der Waals surface area contributed by atoms with Gasteiger partial charge in [-0.2, -0.15) is 4.31 Å². The van der Waals surface area contributed by atoms with Crippen LogP contribution in [0.1, 0.15) is 41.3 Å². The Morgan fingerprint density at radius 3 is 2.36 bits per heavy atom. The van der Waals surface area contributed by atoms with Gasteiger partial charge in [-0.3, -0.25) is 4.79 Å². The monoisotopic (exact) mass is 541 g/mol. The highest BCUT2D eigenvalue weighted by atomic mass is 32.2. The number of anilines is 1. The minimum atomic E-state index is -3.88. The summed E-state index contributed by atoms with van der Waals surface area (Å²) in [4.78, 5) is 13.4. The minimum Gasteiger partial charge on any atom is -0.321 e. The molecule has 7 heteroatoms. The summed E-state index contributed by atoms with van der Waals surface area (Å²) in [5.41, 5.74) is 3.01. The van der Waals surface area contributed by atoms with E-state index in [1.165, 1.54) is 0 Å². The van der Waals surface area contributed by atoms with Crippen molar-refractivity contribution < 1.29 is 13.2 Å². The first-order valence-corrected chi connectivity index (χ1v) is 15.0. The van der Waals surface area contributed by atoms with Crippen molar-refractivity contribution in [1.82, 2.24) is 9.62 Å². The standard InChI is InChI=1S/C32H35N3O3S/c1-3-25-21-33-20-19-30(25)35(22-24-12-5-4-6-13-24)39(37,38)31-18-17-29(27-15-9-10-16-28(27)31)34-32(36)26-14-8-7-11-23(26)2/h4-18,25,30,33H,3,19-22H2,1-2H3,(H,34,36)/t25-,30+/m0/s1. The predicted octanol–water partition coefficient (Wildman–Crippen LogP) is 5.98. The average molecular weight is 542 g/mol. The van der Waals surface area contributed by atoms with Crippen LogP contribution in [0.2, 0.25) is 0 Å². The SMILES string of the molecule is CC[C@H]1CNCC[C@H]1N(Cc1ccccc1)S(=O)(=O)c1ccc(NC(=O)c2ccccc2C)c2ccccc12. The Bertz CT molecular complexity index is 1570. The van der Waals surface area contributed by atoms with Gasteiger partial charge in [0.05, 0.1) is 4.90 Å². The Morgan fingerprint density at radius 1 is 0.923 bits per heavy atom. The average Bonchev–Trinajstić information content (AvgIpc) is 2.96. The maximum absolute atomic E-state index is 14.5. The molecule has 1 fully saturated rings. The van der Waals surface area contributed by atoms with Gasteiger partial charge < -0.3 is 10.6 Å². The summed E-state index contributed by atoms with van der Waals surface area (Å²) in [6.07, 6.45) is 1.65. The second-order valence-corrected chi connectivity index (χ2v) is 12.0. The quantitative estimate of drug-likeness (QED) is 0.288. The van der Waals surface area contributed by atoms with Crippen LogP contribution in [0.25, 0.3) is 10.8 Å². The van der Waals surface area contributed by atoms with Crippen LogP contribution in [-0.2, 0) is 16.6 Å². The number of nitrogens with one attached hydrogen (secondary N) is 2. The molecule has 2 atom stereocenters. The summed E-state index contributed by atoms with van der Waals surface area (Å²) in [5.74, 6) is -0.00349. The van der Waals surface area contributed by atoms with Gasteiger partial charge in [0, 0.05) is 34.6 Å². The summed E-state index contributed by atoms with van der Waals surface area (Å²) >= 11 is 0. The van der Waals surface area contributed by atoms with Crippen LogP contribution >= 0.6 is 0 Å². The molecular formula is C32H35N3O3S. The molecule has 1 aliphatic heterocycles. The van der Waals surface area contributed by atoms with Crippen molar-refractivity contribution >= 4 is 32.4 Å². The zero-order chi connectivity index (χ0) is 27.4. The molecule has 202 valence electrons. The molecule has 1 amide bonds. The van der Waals surface area contributed by atoms with Crippen LogP contribution in [0.15, 0.2) is 95.9 Å². The van der Waals surface area contributed by atoms with E-state index >= 15 is 0 Å². The number of hydrogen-bond donors (Lipinski definition) is 2. The number of hydrogen-bond acceptors (Lipinski definition) is 4. The minimum absolute atomic E-state index is 0.111. The molecule has 4 aromatic carbocycles. The van der Waals surface area contributed by atoms with Crippen LogP contribution in [-0.4, -0.2) is 37.8 Å². The van der Waals surface area contributed by atoms with Gasteiger partial charge in [-0.25, -0.2) is 8.42 Å². The predicted molar refractivity (Wildman–Crippen MR) is 157 cm³/mol. The highest BCUT2D eigenvalue weighted by Crippen LogP contribution is 2.35. The van der Waals surface area contributed by atoms with Crippen LogP contribution in [0, 0.1) is 12.8 Å². The lowest BCUT2D eigenvalue weighted by Gasteiger charge is -2.39. The highest BCUT2D eigenvalue weighted by molar-refractivity contribution is 7.89. The van der Waals surface area contributed by atoms with Crippen molar-refractivity contribution in [1.29, 1.82) is 0 Å². The highest BCUT2D eigenvalue weighted by Gasteiger charge is 2.38. The number of nitrogens with zero attached hydrogens (tertiary/aromatic N) is 1. The molecule has 1 saturated heterocycles. The Labute approximate surface area is 231 Å². The summed E-state index contributed by atoms with van der Waals surface area (Å²) in [7, 11) is -3.88. The number of carbonyl (C=O) groups is 1. The number of fused-ring (bicyclic) bond motifs is 1. The zero-order valence-electron chi connectivity index (χ0n) is 22.4. The largest absolute Gasteiger partial charge is 0.321 e. The molecule has 39 heavy (non-hydrogen) atoms. The van der Waals surface area contributed by atoms with E-state index in [1.807, 2.05) is 79.7 Å². The topological polar surface area (TPSA) is 78.5 Å². The van der Waals surface area contributed by atoms with E-state index in [2.05, 4.69) is 17.6 Å². The van der Waals surface area contributed by atoms with Gasteiger partial charge in [-0.15, -0.1) is 0 Å². The third kappa shape index (κ3) is 5.62. The Morgan fingerprint density at radius 2 is 1.62 bits per heavy atom. The summed E-state index contributed by atoms with van der Waals surface area (Å²) in [5, 5.41) is 7.74. The molecule has 0 aliphatic carbocycles. The molecule has 5 rings (SSSR count). The Kier molecular flexibility index (Phi) is 8.12. The third-order valence-corrected chi connectivity index (χ3v) is 9.68. The number of piperidine rings is 1. The summed E-state index contributed by atoms with van der Waals surface area (Å²) in [6.45, 7) is 5.91. The molecule has 0 bridgehead atoms. The molecular weight excluding hydrogens is 506 g/mol. The molecule has 4 aromatic rings. The van der Waals surface area contributed by atoms with Crippen molar-refractivity contribution in [3.05, 3.63) is 108 Å². The van der Waals surface area contributed by atoms with E-state index in [0.717, 1.165) is 37.1 Å². The van der Waals surface area contributed by atoms with Crippen LogP contribution in [0.4, 0.5) is 5.69 Å². The van der Waals surface area contributed by atoms with Crippen molar-refractivity contribution in [3.8, 4) is 0 Å². The first-order chi connectivity index (χ1) is 18.9. The van der Waals surface area contributed by atoms with E-state index in [4.69, 9.17) is 0 Å². The van der Waals surface area contributed by atoms with Crippen LogP contribution in [0.5, 0.6) is 0 Å². The molecule has 1 aliphatic rings. The molecule has 2 N–H and O–H groups in total. The zero-order valence-corrected chi connectivity index (χ0v) is 23.2. The summed E-state index contributed by atoms with van der Waals surface area (Å²) in [6, 6.07) is 27.9. The number of amides is 1. The third-order valence-electron chi connectivity index (χ3n) is 7.75. The van der Waals surface area contributed by atoms with Crippen molar-refractivity contribution in [2.75, 3.05) is 18.4 Å². The molecule has 0 unspecified atom stereocenters. The number of benzene rings is 4. The van der Waals surface area contributed by atoms with Crippen LogP contribution < -0.4 is 10.6 Å². The van der Waals surface area contributed by atoms with Crippen molar-refractivity contribution in [2.45, 2.75) is 44.2 Å². The smallest absolute Gasteiger partial charge is 0.255 e. The van der Waals surface area contributed by atoms with Gasteiger partial charge in [-0.05, 0) is 61.7 Å². The molecule has 1 heterocycles. The number of rotatable bonds is 8. The fraction of sp³-hybridized carbons (Fsp3) is 0.281. The lowest BCUT2D eigenvalue weighted by molar-refractivity contribution is 0.102. The maximum Gasteiger partial charge on any atom is 0.255 e. The molecule has 0 aromatic heterocycles. The Hall–Kier alpha value is -3.52. The molecule has 6 nitrogen and oxygen atoms in total. The van der Waals surface area contributed by atoms with Gasteiger partial charge in [0.2, 0.25) is 10.0 Å². The van der Waals surface area contributed by atoms with E-state index in [0.29, 0.717) is 28.6 Å². The summed E-state index contributed by atoms with van der Waals surface area (Å²) < 4.78 is 30.8. The fourth-order valence-corrected chi connectivity index (χ4v) is 7.50. The second-order valence-electron chi connectivity index (χ2n) is 10.2. The Balaban J connectivity index is 1.57. The van der Waals surface area contributed by atoms with Gasteiger partial charge in [0.1, 0.15) is 0 Å². The van der Waals surface area contributed by atoms with E-state index in [-0.39, 0.29) is 22.8 Å².